The quantitative estimate of drug-likeness (QED) is 0.679. The van der Waals surface area contributed by atoms with Gasteiger partial charge in [-0.15, -0.1) is 0 Å². The highest BCUT2D eigenvalue weighted by atomic mass is 16.6. The molecule has 1 amide bonds. The molecule has 27 heavy (non-hydrogen) atoms. The van der Waals surface area contributed by atoms with E-state index in [0.717, 1.165) is 11.3 Å². The summed E-state index contributed by atoms with van der Waals surface area (Å²) in [5.74, 6) is -0.0605. The van der Waals surface area contributed by atoms with Crippen LogP contribution in [0.5, 0.6) is 11.5 Å². The number of hydrogen-bond donors (Lipinski definition) is 1. The first kappa shape index (κ1) is 20.1. The maximum absolute atomic E-state index is 11.8. The molecule has 144 valence electrons. The predicted molar refractivity (Wildman–Crippen MR) is 102 cm³/mol. The minimum Gasteiger partial charge on any atom is -0.493 e. The Bertz CT molecular complexity index is 759. The van der Waals surface area contributed by atoms with E-state index < -0.39 is 5.97 Å². The Morgan fingerprint density at radius 3 is 2.26 bits per heavy atom. The number of rotatable bonds is 9. The molecule has 7 heteroatoms. The van der Waals surface area contributed by atoms with Crippen LogP contribution in [-0.4, -0.2) is 46.3 Å². The zero-order valence-corrected chi connectivity index (χ0v) is 15.7. The molecule has 0 spiro atoms. The third-order valence-corrected chi connectivity index (χ3v) is 3.72. The number of amides is 1. The van der Waals surface area contributed by atoms with Crippen LogP contribution in [0.4, 0.5) is 5.69 Å². The fourth-order valence-corrected chi connectivity index (χ4v) is 2.23. The average molecular weight is 372 g/mol. The smallest absolute Gasteiger partial charge is 0.344 e. The Kier molecular flexibility index (Phi) is 7.49. The van der Waals surface area contributed by atoms with Gasteiger partial charge in [-0.05, 0) is 29.8 Å². The molecule has 0 fully saturated rings. The Morgan fingerprint density at radius 2 is 1.63 bits per heavy atom. The Hall–Kier alpha value is -3.22. The van der Waals surface area contributed by atoms with Gasteiger partial charge in [0.15, 0.2) is 24.7 Å². The van der Waals surface area contributed by atoms with Gasteiger partial charge in [-0.3, -0.25) is 4.79 Å². The molecule has 0 aliphatic carbocycles. The van der Waals surface area contributed by atoms with E-state index >= 15 is 0 Å². The zero-order valence-electron chi connectivity index (χ0n) is 15.7. The molecule has 2 aromatic rings. The molecular formula is C20H24N2O5. The highest BCUT2D eigenvalue weighted by Crippen LogP contribution is 2.25. The molecule has 2 rings (SSSR count). The fraction of sp³-hybridized carbons (Fsp3) is 0.300. The van der Waals surface area contributed by atoms with Crippen molar-refractivity contribution in [2.45, 2.75) is 6.54 Å². The molecule has 0 aromatic heterocycles. The standard InChI is InChI=1S/C20H24N2O5/c1-22(2)16-10-8-15(9-11-16)12-21-19(23)13-27-20(24)14-26-18-7-5-4-6-17(18)25-3/h4-11H,12-14H2,1-3H3,(H,21,23). The summed E-state index contributed by atoms with van der Waals surface area (Å²) in [4.78, 5) is 25.5. The van der Waals surface area contributed by atoms with Crippen LogP contribution in [0.2, 0.25) is 0 Å². The molecule has 0 radical (unpaired) electrons. The number of nitrogens with zero attached hydrogens (tertiary/aromatic N) is 1. The average Bonchev–Trinajstić information content (AvgIpc) is 2.69. The third-order valence-electron chi connectivity index (χ3n) is 3.72. The van der Waals surface area contributed by atoms with Crippen LogP contribution >= 0.6 is 0 Å². The van der Waals surface area contributed by atoms with E-state index in [0.29, 0.717) is 18.0 Å². The number of hydrogen-bond acceptors (Lipinski definition) is 6. The maximum atomic E-state index is 11.8. The van der Waals surface area contributed by atoms with Gasteiger partial charge >= 0.3 is 5.97 Å². The lowest BCUT2D eigenvalue weighted by atomic mass is 10.2. The van der Waals surface area contributed by atoms with Crippen LogP contribution in [0.15, 0.2) is 48.5 Å². The van der Waals surface area contributed by atoms with Crippen molar-refractivity contribution in [3.05, 3.63) is 54.1 Å². The van der Waals surface area contributed by atoms with Gasteiger partial charge in [-0.1, -0.05) is 24.3 Å². The molecule has 7 nitrogen and oxygen atoms in total. The summed E-state index contributed by atoms with van der Waals surface area (Å²) < 4.78 is 15.4. The van der Waals surface area contributed by atoms with E-state index in [-0.39, 0.29) is 19.1 Å². The first-order chi connectivity index (χ1) is 13.0. The number of benzene rings is 2. The van der Waals surface area contributed by atoms with Crippen molar-refractivity contribution in [3.63, 3.8) is 0 Å². The van der Waals surface area contributed by atoms with E-state index in [4.69, 9.17) is 14.2 Å². The third kappa shape index (κ3) is 6.54. The van der Waals surface area contributed by atoms with Crippen LogP contribution in [0.25, 0.3) is 0 Å². The number of anilines is 1. The van der Waals surface area contributed by atoms with Gasteiger partial charge < -0.3 is 24.4 Å². The van der Waals surface area contributed by atoms with E-state index in [1.165, 1.54) is 7.11 Å². The number of nitrogens with one attached hydrogen (secondary N) is 1. The van der Waals surface area contributed by atoms with Gasteiger partial charge in [0, 0.05) is 26.3 Å². The van der Waals surface area contributed by atoms with Gasteiger partial charge in [-0.2, -0.15) is 0 Å². The fourth-order valence-electron chi connectivity index (χ4n) is 2.23. The highest BCUT2D eigenvalue weighted by molar-refractivity contribution is 5.80. The van der Waals surface area contributed by atoms with Crippen molar-refractivity contribution in [1.29, 1.82) is 0 Å². The Morgan fingerprint density at radius 1 is 0.963 bits per heavy atom. The number of methoxy groups -OCH3 is 1. The minimum atomic E-state index is -0.633. The molecule has 0 saturated carbocycles. The van der Waals surface area contributed by atoms with Crippen LogP contribution in [0.3, 0.4) is 0 Å². The number of carbonyl (C=O) groups excluding carboxylic acids is 2. The predicted octanol–water partition coefficient (Wildman–Crippen LogP) is 2.00. The lowest BCUT2D eigenvalue weighted by molar-refractivity contribution is -0.150. The summed E-state index contributed by atoms with van der Waals surface area (Å²) in [5, 5.41) is 2.70. The monoisotopic (exact) mass is 372 g/mol. The summed E-state index contributed by atoms with van der Waals surface area (Å²) in [6.45, 7) is -0.300. The SMILES string of the molecule is COc1ccccc1OCC(=O)OCC(=O)NCc1ccc(N(C)C)cc1. The van der Waals surface area contributed by atoms with Gasteiger partial charge in [-0.25, -0.2) is 4.79 Å². The first-order valence-electron chi connectivity index (χ1n) is 8.44. The number of carbonyl (C=O) groups is 2. The van der Waals surface area contributed by atoms with Crippen LogP contribution in [0, 0.1) is 0 Å². The van der Waals surface area contributed by atoms with Gasteiger partial charge in [0.1, 0.15) is 0 Å². The van der Waals surface area contributed by atoms with Crippen LogP contribution < -0.4 is 19.7 Å². The van der Waals surface area contributed by atoms with Crippen molar-refractivity contribution in [2.24, 2.45) is 0 Å². The molecule has 0 aliphatic rings. The van der Waals surface area contributed by atoms with E-state index in [1.807, 2.05) is 43.3 Å². The Balaban J connectivity index is 1.69. The van der Waals surface area contributed by atoms with Crippen molar-refractivity contribution in [3.8, 4) is 11.5 Å². The summed E-state index contributed by atoms with van der Waals surface area (Å²) in [5.41, 5.74) is 2.04. The molecule has 0 bridgehead atoms. The lowest BCUT2D eigenvalue weighted by Gasteiger charge is -2.13. The second-order valence-electron chi connectivity index (χ2n) is 5.94. The van der Waals surface area contributed by atoms with Gasteiger partial charge in [0.25, 0.3) is 5.91 Å². The lowest BCUT2D eigenvalue weighted by Crippen LogP contribution is -2.29. The van der Waals surface area contributed by atoms with Crippen LogP contribution in [0.1, 0.15) is 5.56 Å². The van der Waals surface area contributed by atoms with E-state index in [2.05, 4.69) is 5.32 Å². The number of esters is 1. The molecular weight excluding hydrogens is 348 g/mol. The number of ether oxygens (including phenoxy) is 3. The van der Waals surface area contributed by atoms with Gasteiger partial charge in [0.05, 0.1) is 7.11 Å². The second kappa shape index (κ2) is 10.1. The van der Waals surface area contributed by atoms with Crippen molar-refractivity contribution < 1.29 is 23.8 Å². The molecule has 0 aliphatic heterocycles. The molecule has 2 aromatic carbocycles. The molecule has 0 unspecified atom stereocenters. The molecule has 0 atom stereocenters. The van der Waals surface area contributed by atoms with Crippen molar-refractivity contribution in [1.82, 2.24) is 5.32 Å². The molecule has 1 N–H and O–H groups in total. The second-order valence-corrected chi connectivity index (χ2v) is 5.94. The minimum absolute atomic E-state index is 0.306. The number of para-hydroxylation sites is 2. The molecule has 0 saturated heterocycles. The normalized spacial score (nSPS) is 10.0. The van der Waals surface area contributed by atoms with E-state index in [1.54, 1.807) is 24.3 Å². The van der Waals surface area contributed by atoms with E-state index in [9.17, 15) is 9.59 Å². The molecule has 0 heterocycles. The van der Waals surface area contributed by atoms with Crippen LogP contribution in [-0.2, 0) is 20.9 Å². The largest absolute Gasteiger partial charge is 0.493 e. The highest BCUT2D eigenvalue weighted by Gasteiger charge is 2.10. The zero-order chi connectivity index (χ0) is 19.6. The Labute approximate surface area is 158 Å². The van der Waals surface area contributed by atoms with Crippen molar-refractivity contribution >= 4 is 17.6 Å². The topological polar surface area (TPSA) is 77.1 Å². The summed E-state index contributed by atoms with van der Waals surface area (Å²) in [7, 11) is 5.43. The first-order valence-corrected chi connectivity index (χ1v) is 8.44. The van der Waals surface area contributed by atoms with Gasteiger partial charge in [0.2, 0.25) is 0 Å². The van der Waals surface area contributed by atoms with Crippen molar-refractivity contribution in [2.75, 3.05) is 39.3 Å². The summed E-state index contributed by atoms with van der Waals surface area (Å²) >= 11 is 0. The maximum Gasteiger partial charge on any atom is 0.344 e. The summed E-state index contributed by atoms with van der Waals surface area (Å²) in [6, 6.07) is 14.8. The summed E-state index contributed by atoms with van der Waals surface area (Å²) in [6.07, 6.45) is 0.